The molecule has 3 aromatic heterocycles. The largest absolute Gasteiger partial charge is 0.373 e. The molecule has 284 valence electrons. The van der Waals surface area contributed by atoms with Gasteiger partial charge in [-0.15, -0.1) is 0 Å². The van der Waals surface area contributed by atoms with Crippen molar-refractivity contribution in [1.82, 2.24) is 29.5 Å². The first-order valence-corrected chi connectivity index (χ1v) is 18.3. The van der Waals surface area contributed by atoms with E-state index in [-0.39, 0.29) is 33.6 Å². The quantitative estimate of drug-likeness (QED) is 0.154. The molecule has 8 rings (SSSR count). The molecule has 0 atom stereocenters. The van der Waals surface area contributed by atoms with Gasteiger partial charge in [-0.05, 0) is 84.8 Å². The predicted octanol–water partition coefficient (Wildman–Crippen LogP) is 9.05. The molecule has 0 aliphatic carbocycles. The van der Waals surface area contributed by atoms with Crippen molar-refractivity contribution in [1.29, 1.82) is 0 Å². The minimum absolute atomic E-state index is 0.132. The molecule has 2 aliphatic heterocycles. The molecule has 2 N–H and O–H groups in total. The van der Waals surface area contributed by atoms with E-state index in [1.807, 2.05) is 32.0 Å². The van der Waals surface area contributed by atoms with E-state index in [0.29, 0.717) is 24.5 Å². The van der Waals surface area contributed by atoms with Gasteiger partial charge >= 0.3 is 0 Å². The van der Waals surface area contributed by atoms with Gasteiger partial charge in [0, 0.05) is 73.1 Å². The van der Waals surface area contributed by atoms with E-state index in [0.717, 1.165) is 63.6 Å². The second-order valence-electron chi connectivity index (χ2n) is 15.0. The summed E-state index contributed by atoms with van der Waals surface area (Å²) >= 11 is 6.03. The summed E-state index contributed by atoms with van der Waals surface area (Å²) in [5, 5.41) is 6.49. The number of hydrogen-bond donors (Lipinski definition) is 2. The second-order valence-corrected chi connectivity index (χ2v) is 15.3. The third kappa shape index (κ3) is 7.40. The van der Waals surface area contributed by atoms with Crippen molar-refractivity contribution in [2.45, 2.75) is 51.9 Å². The van der Waals surface area contributed by atoms with E-state index in [1.165, 1.54) is 30.3 Å². The number of nitrogens with one attached hydrogen (secondary N) is 2. The van der Waals surface area contributed by atoms with Crippen molar-refractivity contribution < 1.29 is 13.2 Å². The van der Waals surface area contributed by atoms with Crippen LogP contribution < -0.4 is 20.4 Å². The lowest BCUT2D eigenvalue weighted by atomic mass is 9.88. The van der Waals surface area contributed by atoms with E-state index >= 15 is 0 Å². The summed E-state index contributed by atoms with van der Waals surface area (Å²) < 4.78 is 43.2. The molecular formula is C41H42ClF3N10. The average Bonchev–Trinajstić information content (AvgIpc) is 3.78. The minimum Gasteiger partial charge on any atom is -0.373 e. The number of aryl methyl sites for hydroxylation is 1. The van der Waals surface area contributed by atoms with Crippen LogP contribution in [0.5, 0.6) is 0 Å². The van der Waals surface area contributed by atoms with E-state index in [1.54, 1.807) is 47.4 Å². The maximum Gasteiger partial charge on any atom is 0.226 e. The first-order chi connectivity index (χ1) is 26.2. The van der Waals surface area contributed by atoms with Gasteiger partial charge in [-0.1, -0.05) is 33.8 Å². The van der Waals surface area contributed by atoms with Gasteiger partial charge in [0.25, 0.3) is 0 Å². The number of hydrogen-bond acceptors (Lipinski definition) is 9. The summed E-state index contributed by atoms with van der Waals surface area (Å²) in [4.78, 5) is 26.6. The fourth-order valence-electron chi connectivity index (χ4n) is 7.37. The maximum atomic E-state index is 14.9. The first kappa shape index (κ1) is 37.6. The van der Waals surface area contributed by atoms with Gasteiger partial charge in [-0.2, -0.15) is 4.98 Å². The number of benzene rings is 3. The minimum atomic E-state index is -0.334. The van der Waals surface area contributed by atoms with Crippen LogP contribution in [-0.2, 0) is 17.3 Å². The van der Waals surface area contributed by atoms with Gasteiger partial charge in [-0.25, -0.2) is 33.1 Å². The molecule has 0 radical (unpaired) electrons. The van der Waals surface area contributed by atoms with Crippen molar-refractivity contribution in [2.24, 2.45) is 0 Å². The van der Waals surface area contributed by atoms with Gasteiger partial charge in [-0.3, -0.25) is 0 Å². The Hall–Kier alpha value is -5.69. The number of rotatable bonds is 7. The lowest BCUT2D eigenvalue weighted by molar-refractivity contribution is 0.568. The molecule has 0 unspecified atom stereocenters. The van der Waals surface area contributed by atoms with Gasteiger partial charge in [0.2, 0.25) is 5.28 Å². The van der Waals surface area contributed by atoms with Crippen molar-refractivity contribution in [3.05, 3.63) is 130 Å². The highest BCUT2D eigenvalue weighted by Crippen LogP contribution is 2.47. The van der Waals surface area contributed by atoms with Crippen LogP contribution >= 0.6 is 11.6 Å². The molecule has 3 aromatic carbocycles. The summed E-state index contributed by atoms with van der Waals surface area (Å²) in [6, 6.07) is 17.9. The summed E-state index contributed by atoms with van der Waals surface area (Å²) in [5.41, 5.74) is 5.49. The van der Waals surface area contributed by atoms with Crippen LogP contribution in [0.1, 0.15) is 55.9 Å². The molecule has 0 bridgehead atoms. The number of imidazole rings is 1. The normalized spacial score (nSPS) is 15.0. The Labute approximate surface area is 323 Å². The zero-order valence-corrected chi connectivity index (χ0v) is 32.5. The summed E-state index contributed by atoms with van der Waals surface area (Å²) in [5.74, 6) is 2.76. The maximum absolute atomic E-state index is 14.9. The third-order valence-corrected chi connectivity index (χ3v) is 10.1. The third-order valence-electron chi connectivity index (χ3n) is 9.88. The number of nitrogens with zero attached hydrogens (tertiary/aromatic N) is 8. The Morgan fingerprint density at radius 1 is 0.709 bits per heavy atom. The number of halogens is 4. The lowest BCUT2D eigenvalue weighted by Crippen LogP contribution is -2.25. The fourth-order valence-corrected chi connectivity index (χ4v) is 7.53. The van der Waals surface area contributed by atoms with E-state index in [9.17, 15) is 13.2 Å². The molecule has 5 heterocycles. The second kappa shape index (κ2) is 14.5. The zero-order chi connectivity index (χ0) is 39.2. The van der Waals surface area contributed by atoms with Crippen LogP contribution in [0.4, 0.5) is 47.8 Å². The van der Waals surface area contributed by atoms with Gasteiger partial charge in [0.1, 0.15) is 46.5 Å². The summed E-state index contributed by atoms with van der Waals surface area (Å²) in [7, 11) is 3.65. The molecule has 0 fully saturated rings. The Morgan fingerprint density at radius 2 is 1.24 bits per heavy atom. The molecule has 0 spiro atoms. The molecule has 6 aromatic rings. The Bertz CT molecular complexity index is 2360. The van der Waals surface area contributed by atoms with Crippen LogP contribution in [0.15, 0.2) is 79.3 Å². The van der Waals surface area contributed by atoms with Crippen LogP contribution in [0, 0.1) is 24.4 Å². The Morgan fingerprint density at radius 3 is 1.73 bits per heavy atom. The topological polar surface area (TPSA) is 99.9 Å². The van der Waals surface area contributed by atoms with Crippen LogP contribution in [-0.4, -0.2) is 56.7 Å². The van der Waals surface area contributed by atoms with Gasteiger partial charge in [0.15, 0.2) is 0 Å². The smallest absolute Gasteiger partial charge is 0.226 e. The zero-order valence-electron chi connectivity index (χ0n) is 31.7. The Balaban J connectivity index is 0.000000190. The molecule has 0 saturated carbocycles. The van der Waals surface area contributed by atoms with Gasteiger partial charge < -0.3 is 25.0 Å². The molecule has 2 aliphatic rings. The predicted molar refractivity (Wildman–Crippen MR) is 212 cm³/mol. The monoisotopic (exact) mass is 766 g/mol. The highest BCUT2D eigenvalue weighted by molar-refractivity contribution is 6.28. The molecular weight excluding hydrogens is 725 g/mol. The van der Waals surface area contributed by atoms with Crippen molar-refractivity contribution in [2.75, 3.05) is 47.6 Å². The van der Waals surface area contributed by atoms with Gasteiger partial charge in [0.05, 0.1) is 17.7 Å². The fraction of sp³-hybridized carbons (Fsp3) is 0.293. The SMILES string of the molecule is CNc1nc(Cc2ccc(-n3cnc(C)c3)c(F)c2)nc2c1C(C)(C)CN2c1ccc(F)cc1.CNc1nc(Cl)nc2c1C(C)(C)CN2c1ccc(F)cc1. The number of anilines is 6. The summed E-state index contributed by atoms with van der Waals surface area (Å²) in [6.45, 7) is 11.8. The van der Waals surface area contributed by atoms with Crippen LogP contribution in [0.3, 0.4) is 0 Å². The molecule has 0 amide bonds. The number of fused-ring (bicyclic) bond motifs is 2. The molecule has 10 nitrogen and oxygen atoms in total. The average molecular weight is 767 g/mol. The highest BCUT2D eigenvalue weighted by Gasteiger charge is 2.41. The highest BCUT2D eigenvalue weighted by atomic mass is 35.5. The van der Waals surface area contributed by atoms with Crippen molar-refractivity contribution >= 4 is 46.2 Å². The van der Waals surface area contributed by atoms with Crippen LogP contribution in [0.25, 0.3) is 5.69 Å². The van der Waals surface area contributed by atoms with Crippen molar-refractivity contribution in [3.8, 4) is 5.69 Å². The number of aromatic nitrogens is 6. The Kier molecular flexibility index (Phi) is 9.93. The molecule has 55 heavy (non-hydrogen) atoms. The standard InChI is InChI=1S/C26H26F2N6.C15H16ClFN4/c1-16-13-33(15-30-16)21-10-5-17(11-20(21)28)12-22-31-24(29-4)23-25(32-22)34(14-26(23,2)3)19-8-6-18(27)7-9-19;1-15(2)8-21(10-6-4-9(17)5-7-10)13-11(15)12(18-3)19-14(16)20-13/h5-11,13,15H,12,14H2,1-4H3,(H,29,31,32);4-7H,8H2,1-3H3,(H,18,19,20). The van der Waals surface area contributed by atoms with E-state index in [2.05, 4.69) is 58.2 Å². The van der Waals surface area contributed by atoms with E-state index < -0.39 is 0 Å². The van der Waals surface area contributed by atoms with E-state index in [4.69, 9.17) is 21.6 Å². The first-order valence-electron chi connectivity index (χ1n) is 17.9. The lowest BCUT2D eigenvalue weighted by Gasteiger charge is -2.21. The molecule has 14 heteroatoms. The summed E-state index contributed by atoms with van der Waals surface area (Å²) in [6.07, 6.45) is 3.76. The van der Waals surface area contributed by atoms with Crippen LogP contribution in [0.2, 0.25) is 5.28 Å². The van der Waals surface area contributed by atoms with Crippen molar-refractivity contribution in [3.63, 3.8) is 0 Å². The molecule has 0 saturated heterocycles.